The van der Waals surface area contributed by atoms with Crippen LogP contribution in [0.5, 0.6) is 5.88 Å². The summed E-state index contributed by atoms with van der Waals surface area (Å²) in [4.78, 5) is 28.7. The third-order valence-electron chi connectivity index (χ3n) is 8.21. The van der Waals surface area contributed by atoms with Crippen LogP contribution >= 0.6 is 0 Å². The molecule has 6 nitrogen and oxygen atoms in total. The zero-order valence-electron chi connectivity index (χ0n) is 28.0. The molecule has 0 spiro atoms. The van der Waals surface area contributed by atoms with Gasteiger partial charge in [0.2, 0.25) is 5.88 Å². The molecule has 0 aliphatic rings. The largest absolute Gasteiger partial charge is 0.478 e. The summed E-state index contributed by atoms with van der Waals surface area (Å²) < 4.78 is 16.5. The van der Waals surface area contributed by atoms with Crippen LogP contribution in [0.3, 0.4) is 0 Å². The van der Waals surface area contributed by atoms with E-state index in [2.05, 4.69) is 48.5 Å². The number of aromatic nitrogens is 1. The number of rotatable bonds is 20. The number of benzene rings is 3. The van der Waals surface area contributed by atoms with Gasteiger partial charge in [-0.1, -0.05) is 91.7 Å². The lowest BCUT2D eigenvalue weighted by molar-refractivity contribution is -0.144. The summed E-state index contributed by atoms with van der Waals surface area (Å²) in [6.45, 7) is 5.11. The van der Waals surface area contributed by atoms with Gasteiger partial charge in [-0.3, -0.25) is 9.59 Å². The summed E-state index contributed by atoms with van der Waals surface area (Å²) >= 11 is 0. The van der Waals surface area contributed by atoms with Crippen LogP contribution < -0.4 is 4.74 Å². The molecule has 1 aromatic heterocycles. The van der Waals surface area contributed by atoms with Gasteiger partial charge in [0.25, 0.3) is 0 Å². The summed E-state index contributed by atoms with van der Waals surface area (Å²) in [5.41, 5.74) is 8.08. The van der Waals surface area contributed by atoms with Gasteiger partial charge in [0.1, 0.15) is 0 Å². The van der Waals surface area contributed by atoms with Gasteiger partial charge in [0, 0.05) is 24.5 Å². The quantitative estimate of drug-likeness (QED) is 0.0712. The zero-order chi connectivity index (χ0) is 33.1. The molecule has 6 heteroatoms. The highest BCUT2D eigenvalue weighted by atomic mass is 16.5. The first-order chi connectivity index (χ1) is 23.1. The van der Waals surface area contributed by atoms with Gasteiger partial charge in [0.15, 0.2) is 0 Å². The molecule has 0 saturated heterocycles. The van der Waals surface area contributed by atoms with E-state index in [0.29, 0.717) is 45.0 Å². The number of carbonyl (C=O) groups excluding carboxylic acids is 2. The van der Waals surface area contributed by atoms with Crippen LogP contribution in [0.1, 0.15) is 81.9 Å². The zero-order valence-corrected chi connectivity index (χ0v) is 28.0. The van der Waals surface area contributed by atoms with Crippen LogP contribution in [-0.4, -0.2) is 36.7 Å². The third-order valence-corrected chi connectivity index (χ3v) is 8.21. The Morgan fingerprint density at radius 2 is 1.19 bits per heavy atom. The molecule has 0 bridgehead atoms. The van der Waals surface area contributed by atoms with Crippen LogP contribution in [0.25, 0.3) is 22.4 Å². The average Bonchev–Trinajstić information content (AvgIpc) is 3.10. The van der Waals surface area contributed by atoms with Crippen molar-refractivity contribution < 1.29 is 23.8 Å². The summed E-state index contributed by atoms with van der Waals surface area (Å²) in [6, 6.07) is 31.1. The van der Waals surface area contributed by atoms with E-state index in [0.717, 1.165) is 73.8 Å². The standard InChI is InChI=1S/C41H49NO5/c1-3-45-40(43)26-15-14-20-33-23-17-24-34(27-28-41(44)46-4-2)37(33)25-13-5-6-16-29-47-39-31-36(32-18-9-7-10-19-32)30-38(42-39)35-21-11-8-12-22-35/h7-12,17-19,21-24,30-31H,3-6,13-16,20,25-29H2,1-2H3. The minimum absolute atomic E-state index is 0.129. The number of carbonyl (C=O) groups is 2. The Labute approximate surface area is 280 Å². The number of ether oxygens (including phenoxy) is 3. The lowest BCUT2D eigenvalue weighted by atomic mass is 9.91. The van der Waals surface area contributed by atoms with Crippen molar-refractivity contribution in [1.82, 2.24) is 4.98 Å². The molecular weight excluding hydrogens is 586 g/mol. The maximum atomic E-state index is 12.1. The number of hydrogen-bond acceptors (Lipinski definition) is 6. The number of hydrogen-bond donors (Lipinski definition) is 0. The molecule has 0 radical (unpaired) electrons. The molecule has 4 rings (SSSR count). The van der Waals surface area contributed by atoms with E-state index < -0.39 is 0 Å². The number of pyridine rings is 1. The molecular formula is C41H49NO5. The van der Waals surface area contributed by atoms with E-state index in [-0.39, 0.29) is 11.9 Å². The smallest absolute Gasteiger partial charge is 0.306 e. The lowest BCUT2D eigenvalue weighted by Gasteiger charge is -2.15. The first kappa shape index (κ1) is 35.4. The van der Waals surface area contributed by atoms with Crippen LogP contribution in [0.2, 0.25) is 0 Å². The van der Waals surface area contributed by atoms with Crippen molar-refractivity contribution in [3.8, 4) is 28.3 Å². The summed E-state index contributed by atoms with van der Waals surface area (Å²) in [5.74, 6) is 0.363. The second kappa shape index (κ2) is 19.9. The van der Waals surface area contributed by atoms with Gasteiger partial charge in [-0.05, 0) is 92.7 Å². The molecule has 4 aromatic rings. The highest BCUT2D eigenvalue weighted by Crippen LogP contribution is 2.29. The van der Waals surface area contributed by atoms with Crippen molar-refractivity contribution >= 4 is 11.9 Å². The van der Waals surface area contributed by atoms with Crippen molar-refractivity contribution in [2.24, 2.45) is 0 Å². The molecule has 3 aromatic carbocycles. The number of nitrogens with zero attached hydrogens (tertiary/aromatic N) is 1. The fourth-order valence-electron chi connectivity index (χ4n) is 5.83. The number of unbranched alkanes of at least 4 members (excludes halogenated alkanes) is 4. The molecule has 0 N–H and O–H groups in total. The molecule has 0 amide bonds. The van der Waals surface area contributed by atoms with E-state index in [1.807, 2.05) is 56.3 Å². The van der Waals surface area contributed by atoms with Gasteiger partial charge in [-0.15, -0.1) is 0 Å². The Kier molecular flexibility index (Phi) is 15.0. The molecule has 0 saturated carbocycles. The molecule has 0 unspecified atom stereocenters. The van der Waals surface area contributed by atoms with E-state index in [4.69, 9.17) is 19.2 Å². The van der Waals surface area contributed by atoms with Crippen molar-refractivity contribution in [1.29, 1.82) is 0 Å². The molecule has 0 aliphatic carbocycles. The summed E-state index contributed by atoms with van der Waals surface area (Å²) in [5, 5.41) is 0. The molecule has 0 atom stereocenters. The highest BCUT2D eigenvalue weighted by molar-refractivity contribution is 5.72. The number of aryl methyl sites for hydroxylation is 2. The molecule has 1 heterocycles. The number of esters is 2. The van der Waals surface area contributed by atoms with Crippen molar-refractivity contribution in [3.63, 3.8) is 0 Å². The first-order valence-corrected chi connectivity index (χ1v) is 17.2. The van der Waals surface area contributed by atoms with Gasteiger partial charge < -0.3 is 14.2 Å². The molecule has 0 aliphatic heterocycles. The Morgan fingerprint density at radius 3 is 1.89 bits per heavy atom. The third kappa shape index (κ3) is 12.0. The predicted octanol–water partition coefficient (Wildman–Crippen LogP) is 9.37. The normalized spacial score (nSPS) is 10.9. The fraction of sp³-hybridized carbons (Fsp3) is 0.390. The van der Waals surface area contributed by atoms with Crippen LogP contribution in [-0.2, 0) is 38.3 Å². The van der Waals surface area contributed by atoms with E-state index in [1.165, 1.54) is 16.7 Å². The van der Waals surface area contributed by atoms with Gasteiger partial charge in [-0.2, -0.15) is 0 Å². The second-order valence-electron chi connectivity index (χ2n) is 11.7. The lowest BCUT2D eigenvalue weighted by Crippen LogP contribution is -2.08. The van der Waals surface area contributed by atoms with Crippen molar-refractivity contribution in [2.45, 2.75) is 84.5 Å². The van der Waals surface area contributed by atoms with Crippen molar-refractivity contribution in [2.75, 3.05) is 19.8 Å². The maximum absolute atomic E-state index is 12.1. The monoisotopic (exact) mass is 635 g/mol. The first-order valence-electron chi connectivity index (χ1n) is 17.2. The Hall–Kier alpha value is -4.45. The topological polar surface area (TPSA) is 74.7 Å². The van der Waals surface area contributed by atoms with E-state index >= 15 is 0 Å². The molecule has 47 heavy (non-hydrogen) atoms. The summed E-state index contributed by atoms with van der Waals surface area (Å²) in [7, 11) is 0. The van der Waals surface area contributed by atoms with Crippen LogP contribution in [0, 0.1) is 0 Å². The average molecular weight is 636 g/mol. The Balaban J connectivity index is 1.31. The van der Waals surface area contributed by atoms with Gasteiger partial charge in [0.05, 0.1) is 25.5 Å². The van der Waals surface area contributed by atoms with Gasteiger partial charge in [-0.25, -0.2) is 4.98 Å². The Bertz CT molecular complexity index is 1460. The van der Waals surface area contributed by atoms with Crippen LogP contribution in [0.4, 0.5) is 0 Å². The second-order valence-corrected chi connectivity index (χ2v) is 11.7. The van der Waals surface area contributed by atoms with E-state index in [9.17, 15) is 9.59 Å². The molecule has 248 valence electrons. The highest BCUT2D eigenvalue weighted by Gasteiger charge is 2.12. The minimum atomic E-state index is -0.155. The van der Waals surface area contributed by atoms with Crippen molar-refractivity contribution in [3.05, 3.63) is 108 Å². The predicted molar refractivity (Wildman–Crippen MR) is 188 cm³/mol. The van der Waals surface area contributed by atoms with Crippen LogP contribution in [0.15, 0.2) is 91.0 Å². The Morgan fingerprint density at radius 1 is 0.574 bits per heavy atom. The molecule has 0 fully saturated rings. The summed E-state index contributed by atoms with van der Waals surface area (Å²) in [6.07, 6.45) is 9.28. The minimum Gasteiger partial charge on any atom is -0.478 e. The van der Waals surface area contributed by atoms with Gasteiger partial charge >= 0.3 is 11.9 Å². The van der Waals surface area contributed by atoms with E-state index in [1.54, 1.807) is 0 Å². The SMILES string of the molecule is CCOC(=O)CCCCc1cccc(CCC(=O)OCC)c1CCCCCCOc1cc(-c2ccccc2)cc(-c2ccccc2)n1. The fourth-order valence-corrected chi connectivity index (χ4v) is 5.83. The maximum Gasteiger partial charge on any atom is 0.306 e.